The molecule has 0 radical (unpaired) electrons. The van der Waals surface area contributed by atoms with Crippen LogP contribution in [0.5, 0.6) is 0 Å². The van der Waals surface area contributed by atoms with Gasteiger partial charge in [-0.1, -0.05) is 107 Å². The third kappa shape index (κ3) is 6.23. The number of rotatable bonds is 8. The van der Waals surface area contributed by atoms with Crippen LogP contribution in [-0.2, 0) is 18.9 Å². The first-order chi connectivity index (χ1) is 26.1. The Morgan fingerprint density at radius 3 is 2.27 bits per heavy atom. The van der Waals surface area contributed by atoms with Gasteiger partial charge < -0.3 is 29.8 Å². The highest BCUT2D eigenvalue weighted by Gasteiger charge is 2.88. The van der Waals surface area contributed by atoms with E-state index in [1.807, 2.05) is 0 Å². The van der Waals surface area contributed by atoms with Crippen molar-refractivity contribution in [2.24, 2.45) is 74.2 Å². The summed E-state index contributed by atoms with van der Waals surface area (Å²) in [5.41, 5.74) is 5.92. The number of fused-ring (bicyclic) bond motifs is 4. The smallest absolute Gasteiger partial charge is 0.404 e. The molecule has 8 fully saturated rings. The average Bonchev–Trinajstić information content (AvgIpc) is 3.54. The van der Waals surface area contributed by atoms with Crippen molar-refractivity contribution in [3.05, 3.63) is 0 Å². The topological polar surface area (TPSA) is 103 Å². The van der Waals surface area contributed by atoms with Crippen molar-refractivity contribution >= 4 is 6.09 Å². The summed E-state index contributed by atoms with van der Waals surface area (Å²) >= 11 is 0. The maximum Gasteiger partial charge on any atom is 0.404 e. The summed E-state index contributed by atoms with van der Waals surface area (Å²) in [7, 11) is 0. The highest BCUT2D eigenvalue weighted by atomic mass is 16.7. The van der Waals surface area contributed by atoms with Gasteiger partial charge in [0, 0.05) is 18.5 Å². The summed E-state index contributed by atoms with van der Waals surface area (Å²) in [6.07, 6.45) is 18.5. The Morgan fingerprint density at radius 1 is 0.909 bits per heavy atom. The third-order valence-electron chi connectivity index (χ3n) is 19.5. The van der Waals surface area contributed by atoms with Gasteiger partial charge >= 0.3 is 6.09 Å². The zero-order valence-electron chi connectivity index (χ0n) is 36.2. The van der Waals surface area contributed by atoms with Crippen LogP contribution in [0, 0.1) is 68.5 Å². The second-order valence-electron chi connectivity index (χ2n) is 22.1. The van der Waals surface area contributed by atoms with Gasteiger partial charge in [0.15, 0.2) is 6.29 Å². The van der Waals surface area contributed by atoms with Gasteiger partial charge in [0.05, 0.1) is 31.0 Å². The number of primary amides is 1. The van der Waals surface area contributed by atoms with Gasteiger partial charge in [0.25, 0.3) is 0 Å². The van der Waals surface area contributed by atoms with Gasteiger partial charge in [-0.05, 0) is 121 Å². The molecule has 3 N–H and O–H groups in total. The fourth-order valence-electron chi connectivity index (χ4n) is 16.8. The summed E-state index contributed by atoms with van der Waals surface area (Å²) < 4.78 is 26.1. The second kappa shape index (κ2) is 15.0. The lowest BCUT2D eigenvalue weighted by Gasteiger charge is -2.63. The Labute approximate surface area is 334 Å². The van der Waals surface area contributed by atoms with Crippen molar-refractivity contribution in [3.63, 3.8) is 0 Å². The molecule has 6 saturated carbocycles. The van der Waals surface area contributed by atoms with E-state index in [0.717, 1.165) is 44.9 Å². The Morgan fingerprint density at radius 2 is 1.58 bits per heavy atom. The quantitative estimate of drug-likeness (QED) is 0.254. The third-order valence-corrected chi connectivity index (χ3v) is 19.5. The molecular weight excluding hydrogens is 689 g/mol. The van der Waals surface area contributed by atoms with E-state index < -0.39 is 18.3 Å². The van der Waals surface area contributed by atoms with E-state index in [0.29, 0.717) is 29.1 Å². The largest absolute Gasteiger partial charge is 0.443 e. The Hall–Kier alpha value is -0.930. The molecule has 2 spiro atoms. The van der Waals surface area contributed by atoms with Gasteiger partial charge in [-0.25, -0.2) is 4.79 Å². The van der Waals surface area contributed by atoms with E-state index >= 15 is 0 Å². The first-order valence-electron chi connectivity index (χ1n) is 23.4. The number of carbonyl (C=O) groups excluding carboxylic acids is 1. The van der Waals surface area contributed by atoms with Crippen molar-refractivity contribution in [1.29, 1.82) is 0 Å². The van der Waals surface area contributed by atoms with Crippen LogP contribution in [0.25, 0.3) is 0 Å². The van der Waals surface area contributed by atoms with Gasteiger partial charge in [-0.2, -0.15) is 0 Å². The maximum absolute atomic E-state index is 12.7. The molecule has 8 rings (SSSR count). The lowest BCUT2D eigenvalue weighted by Crippen LogP contribution is -2.60. The predicted octanol–water partition coefficient (Wildman–Crippen LogP) is 9.35. The van der Waals surface area contributed by atoms with E-state index in [1.54, 1.807) is 0 Å². The molecule has 0 bridgehead atoms. The summed E-state index contributed by atoms with van der Waals surface area (Å²) in [5, 5.41) is 12.7. The molecule has 8 aliphatic rings. The van der Waals surface area contributed by atoms with Gasteiger partial charge in [0.2, 0.25) is 0 Å². The minimum Gasteiger partial charge on any atom is -0.443 e. The Kier molecular flexibility index (Phi) is 11.1. The molecule has 2 unspecified atom stereocenters. The summed E-state index contributed by atoms with van der Waals surface area (Å²) in [4.78, 5) is 14.6. The van der Waals surface area contributed by atoms with Crippen LogP contribution in [0.15, 0.2) is 0 Å². The average molecular weight is 769 g/mol. The van der Waals surface area contributed by atoms with E-state index in [1.165, 1.54) is 90.0 Å². The van der Waals surface area contributed by atoms with Crippen LogP contribution in [-0.4, -0.2) is 79.2 Å². The number of nitrogens with two attached hydrogens (primary N) is 1. The van der Waals surface area contributed by atoms with Crippen LogP contribution in [0.2, 0.25) is 0 Å². The van der Waals surface area contributed by atoms with Gasteiger partial charge in [-0.3, -0.25) is 4.90 Å². The minimum absolute atomic E-state index is 0.0135. The number of hydrogen-bond donors (Lipinski definition) is 2. The number of morpholine rings is 1. The molecule has 314 valence electrons. The molecule has 2 aliphatic heterocycles. The molecule has 2 saturated heterocycles. The number of aliphatic hydroxyl groups is 1. The first kappa shape index (κ1) is 40.8. The minimum atomic E-state index is -0.745. The van der Waals surface area contributed by atoms with E-state index in [-0.39, 0.29) is 58.1 Å². The molecule has 0 aromatic rings. The zero-order valence-corrected chi connectivity index (χ0v) is 36.2. The van der Waals surface area contributed by atoms with E-state index in [2.05, 4.69) is 60.3 Å². The van der Waals surface area contributed by atoms with Crippen molar-refractivity contribution in [3.8, 4) is 0 Å². The molecule has 15 atom stereocenters. The van der Waals surface area contributed by atoms with Crippen molar-refractivity contribution in [2.45, 2.75) is 195 Å². The number of aliphatic hydroxyl groups excluding tert-OH is 1. The number of amides is 1. The number of nitrogens with zero attached hydrogens (tertiary/aromatic N) is 1. The van der Waals surface area contributed by atoms with Crippen molar-refractivity contribution in [2.75, 3.05) is 26.2 Å². The standard InChI is InChI=1S/C47H80N2O6/c1-29(2)39(55-42(48)51)33-27-30(3)38-40(53-33)41(50)45(8)35-18-17-34-43(5,6)36(19-21-46(34)31(4)47(35,46)23-22-44(38,45)7)54-37-28-49(25-26-52-37)24-20-32-15-13-11-9-10-12-14-16-32/h29-41,50H,9-28H2,1-8H3,(H2,48,51)/t30-,31-,33+,34+,35?,36+,37+,38+,39-,40?,41+,44-,45-,46-,47+/m1/s1. The highest BCUT2D eigenvalue weighted by Crippen LogP contribution is 2.91. The van der Waals surface area contributed by atoms with Gasteiger partial charge in [-0.15, -0.1) is 0 Å². The molecule has 2 heterocycles. The summed E-state index contributed by atoms with van der Waals surface area (Å²) in [6.45, 7) is 23.0. The Bertz CT molecular complexity index is 1380. The molecule has 0 aromatic heterocycles. The van der Waals surface area contributed by atoms with Crippen LogP contribution >= 0.6 is 0 Å². The lowest BCUT2D eigenvalue weighted by atomic mass is 9.41. The second-order valence-corrected chi connectivity index (χ2v) is 22.1. The Balaban J connectivity index is 0.960. The fraction of sp³-hybridized carbons (Fsp3) is 0.979. The monoisotopic (exact) mass is 769 g/mol. The summed E-state index contributed by atoms with van der Waals surface area (Å²) in [5.74, 6) is 3.33. The van der Waals surface area contributed by atoms with E-state index in [4.69, 9.17) is 24.7 Å². The van der Waals surface area contributed by atoms with Crippen LogP contribution in [0.4, 0.5) is 4.79 Å². The fourth-order valence-corrected chi connectivity index (χ4v) is 16.8. The number of ether oxygens (including phenoxy) is 4. The SMILES string of the molecule is CC(C)[C@@H](OC(N)=O)[C@@H]1C[C@@H](C)[C@H]2C(O1)[C@H](O)[C@@]1(C)C3CC[C@H]4C(C)(C)[C@@H](O[C@H]5CN(CCC6CCCCCCCC6)CCO5)CC[C@@]45[C@@H](C)[C@@]35CC[C@]21C. The van der Waals surface area contributed by atoms with Crippen LogP contribution in [0.1, 0.15) is 158 Å². The molecule has 1 amide bonds. The molecule has 8 heteroatoms. The number of hydrogen-bond acceptors (Lipinski definition) is 7. The summed E-state index contributed by atoms with van der Waals surface area (Å²) in [6, 6.07) is 0. The normalized spacial score (nSPS) is 49.2. The van der Waals surface area contributed by atoms with Crippen LogP contribution < -0.4 is 5.73 Å². The first-order valence-corrected chi connectivity index (χ1v) is 23.4. The van der Waals surface area contributed by atoms with Crippen molar-refractivity contribution < 1.29 is 28.8 Å². The molecule has 8 nitrogen and oxygen atoms in total. The molecule has 0 aromatic carbocycles. The maximum atomic E-state index is 12.7. The zero-order chi connectivity index (χ0) is 39.1. The van der Waals surface area contributed by atoms with E-state index in [9.17, 15) is 9.90 Å². The highest BCUT2D eigenvalue weighted by molar-refractivity contribution is 5.64. The molecule has 55 heavy (non-hydrogen) atoms. The van der Waals surface area contributed by atoms with Crippen molar-refractivity contribution in [1.82, 2.24) is 4.90 Å². The molecular formula is C47H80N2O6. The van der Waals surface area contributed by atoms with Gasteiger partial charge in [0.1, 0.15) is 6.10 Å². The molecule has 6 aliphatic carbocycles. The van der Waals surface area contributed by atoms with Crippen LogP contribution in [0.3, 0.4) is 0 Å². The number of carbonyl (C=O) groups is 1. The predicted molar refractivity (Wildman–Crippen MR) is 216 cm³/mol. The lowest BCUT2D eigenvalue weighted by molar-refractivity contribution is -0.249.